The van der Waals surface area contributed by atoms with Gasteiger partial charge in [-0.15, -0.1) is 0 Å². The first-order chi connectivity index (χ1) is 12.1. The summed E-state index contributed by atoms with van der Waals surface area (Å²) in [4.78, 5) is 11.6. The van der Waals surface area contributed by atoms with E-state index in [1.54, 1.807) is 6.92 Å². The van der Waals surface area contributed by atoms with Gasteiger partial charge in [0.1, 0.15) is 6.04 Å². The average Bonchev–Trinajstić information content (AvgIpc) is 2.94. The van der Waals surface area contributed by atoms with E-state index in [9.17, 15) is 9.90 Å². The second-order valence-electron chi connectivity index (χ2n) is 6.41. The number of aliphatic carboxylic acids is 1. The number of rotatable bonds is 4. The zero-order valence-electron chi connectivity index (χ0n) is 13.9. The second kappa shape index (κ2) is 5.87. The van der Waals surface area contributed by atoms with E-state index < -0.39 is 17.6 Å². The van der Waals surface area contributed by atoms with Gasteiger partial charge in [0.2, 0.25) is 0 Å². The van der Waals surface area contributed by atoms with Crippen LogP contribution in [0.25, 0.3) is 11.1 Å². The fraction of sp³-hybridized carbons (Fsp3) is 0.136. The highest BCUT2D eigenvalue weighted by molar-refractivity contribution is 5.84. The van der Waals surface area contributed by atoms with Gasteiger partial charge in [-0.25, -0.2) is 0 Å². The van der Waals surface area contributed by atoms with Crippen LogP contribution in [0.5, 0.6) is 0 Å². The number of fused-ring (bicyclic) bond motifs is 3. The molecular formula is C22H19NO2. The van der Waals surface area contributed by atoms with Gasteiger partial charge in [0.05, 0.1) is 5.54 Å². The smallest absolute Gasteiger partial charge is 0.320 e. The Labute approximate surface area is 147 Å². The Morgan fingerprint density at radius 3 is 1.84 bits per heavy atom. The number of hydrogen-bond acceptors (Lipinski definition) is 2. The topological polar surface area (TPSA) is 49.3 Å². The molecule has 3 heteroatoms. The second-order valence-corrected chi connectivity index (χ2v) is 6.41. The fourth-order valence-corrected chi connectivity index (χ4v) is 3.86. The maximum Gasteiger partial charge on any atom is 0.320 e. The molecule has 0 heterocycles. The van der Waals surface area contributed by atoms with Gasteiger partial charge in [-0.2, -0.15) is 0 Å². The first-order valence-corrected chi connectivity index (χ1v) is 8.40. The molecule has 25 heavy (non-hydrogen) atoms. The summed E-state index contributed by atoms with van der Waals surface area (Å²) >= 11 is 0. The van der Waals surface area contributed by atoms with E-state index >= 15 is 0 Å². The van der Waals surface area contributed by atoms with Crippen LogP contribution in [-0.4, -0.2) is 17.1 Å². The number of benzene rings is 3. The Morgan fingerprint density at radius 2 is 1.32 bits per heavy atom. The van der Waals surface area contributed by atoms with Crippen molar-refractivity contribution in [3.8, 4) is 11.1 Å². The van der Waals surface area contributed by atoms with Crippen LogP contribution in [0.3, 0.4) is 0 Å². The molecule has 0 bridgehead atoms. The molecule has 0 saturated heterocycles. The SMILES string of the molecule is CC(NC1(c2ccccc2)c2ccccc2-c2ccccc21)C(=O)O. The molecule has 1 atom stereocenters. The molecule has 0 saturated carbocycles. The van der Waals surface area contributed by atoms with Gasteiger partial charge >= 0.3 is 5.97 Å². The molecule has 3 aromatic rings. The van der Waals surface area contributed by atoms with Crippen molar-refractivity contribution in [2.45, 2.75) is 18.5 Å². The molecule has 0 radical (unpaired) electrons. The number of nitrogens with one attached hydrogen (secondary N) is 1. The largest absolute Gasteiger partial charge is 0.480 e. The lowest BCUT2D eigenvalue weighted by molar-refractivity contribution is -0.139. The molecule has 1 aliphatic carbocycles. The number of carboxylic acids is 1. The minimum atomic E-state index is -0.864. The van der Waals surface area contributed by atoms with Gasteiger partial charge < -0.3 is 5.11 Å². The molecule has 0 fully saturated rings. The molecule has 0 aromatic heterocycles. The number of hydrogen-bond donors (Lipinski definition) is 2. The number of carboxylic acid groups (broad SMARTS) is 1. The molecule has 3 nitrogen and oxygen atoms in total. The molecule has 0 amide bonds. The van der Waals surface area contributed by atoms with Gasteiger partial charge in [-0.1, -0.05) is 78.9 Å². The van der Waals surface area contributed by atoms with Crippen LogP contribution in [0.1, 0.15) is 23.6 Å². The fourth-order valence-electron chi connectivity index (χ4n) is 3.86. The van der Waals surface area contributed by atoms with Crippen LogP contribution < -0.4 is 5.32 Å². The minimum absolute atomic E-state index is 0.674. The summed E-state index contributed by atoms with van der Waals surface area (Å²) < 4.78 is 0. The lowest BCUT2D eigenvalue weighted by Crippen LogP contribution is -2.50. The lowest BCUT2D eigenvalue weighted by atomic mass is 9.80. The van der Waals surface area contributed by atoms with Crippen molar-refractivity contribution in [1.82, 2.24) is 5.32 Å². The first kappa shape index (κ1) is 15.6. The Hall–Kier alpha value is -2.91. The standard InChI is InChI=1S/C22H19NO2/c1-15(21(24)25)23-22(16-9-3-2-4-10-16)19-13-7-5-11-17(19)18-12-6-8-14-20(18)22/h2-15,23H,1H3,(H,24,25). The highest BCUT2D eigenvalue weighted by Gasteiger charge is 2.45. The summed E-state index contributed by atoms with van der Waals surface area (Å²) in [5, 5.41) is 13.0. The molecule has 1 aliphatic rings. The first-order valence-electron chi connectivity index (χ1n) is 8.40. The molecular weight excluding hydrogens is 310 g/mol. The van der Waals surface area contributed by atoms with Crippen LogP contribution in [0.15, 0.2) is 78.9 Å². The van der Waals surface area contributed by atoms with Crippen molar-refractivity contribution in [2.24, 2.45) is 0 Å². The van der Waals surface area contributed by atoms with E-state index in [1.807, 2.05) is 42.5 Å². The van der Waals surface area contributed by atoms with Crippen molar-refractivity contribution in [3.63, 3.8) is 0 Å². The van der Waals surface area contributed by atoms with Gasteiger partial charge in [-0.05, 0) is 34.7 Å². The van der Waals surface area contributed by atoms with Crippen LogP contribution in [0.2, 0.25) is 0 Å². The van der Waals surface area contributed by atoms with Crippen molar-refractivity contribution in [1.29, 1.82) is 0 Å². The highest BCUT2D eigenvalue weighted by Crippen LogP contribution is 2.50. The van der Waals surface area contributed by atoms with E-state index in [2.05, 4.69) is 41.7 Å². The van der Waals surface area contributed by atoms with Crippen LogP contribution in [-0.2, 0) is 10.3 Å². The maximum absolute atomic E-state index is 11.6. The zero-order valence-corrected chi connectivity index (χ0v) is 13.9. The summed E-state index contributed by atoms with van der Waals surface area (Å²) in [7, 11) is 0. The minimum Gasteiger partial charge on any atom is -0.480 e. The predicted octanol–water partition coefficient (Wildman–Crippen LogP) is 4.02. The molecule has 1 unspecified atom stereocenters. The molecule has 3 aromatic carbocycles. The van der Waals surface area contributed by atoms with Gasteiger partial charge in [0.25, 0.3) is 0 Å². The van der Waals surface area contributed by atoms with Crippen molar-refractivity contribution in [2.75, 3.05) is 0 Å². The quantitative estimate of drug-likeness (QED) is 0.760. The summed E-state index contributed by atoms with van der Waals surface area (Å²) in [5.74, 6) is -0.864. The van der Waals surface area contributed by atoms with Crippen LogP contribution in [0, 0.1) is 0 Å². The third-order valence-corrected chi connectivity index (χ3v) is 4.96. The summed E-state index contributed by atoms with van der Waals surface area (Å²) in [6, 6.07) is 25.8. The van der Waals surface area contributed by atoms with Gasteiger partial charge in [0.15, 0.2) is 0 Å². The highest BCUT2D eigenvalue weighted by atomic mass is 16.4. The van der Waals surface area contributed by atoms with Crippen LogP contribution >= 0.6 is 0 Å². The predicted molar refractivity (Wildman–Crippen MR) is 98.4 cm³/mol. The van der Waals surface area contributed by atoms with E-state index in [4.69, 9.17) is 0 Å². The van der Waals surface area contributed by atoms with Gasteiger partial charge in [-0.3, -0.25) is 10.1 Å². The van der Waals surface area contributed by atoms with Gasteiger partial charge in [0, 0.05) is 0 Å². The molecule has 0 aliphatic heterocycles. The molecule has 2 N–H and O–H groups in total. The maximum atomic E-state index is 11.6. The Kier molecular flexibility index (Phi) is 3.66. The Morgan fingerprint density at radius 1 is 0.840 bits per heavy atom. The van der Waals surface area contributed by atoms with Crippen molar-refractivity contribution < 1.29 is 9.90 Å². The van der Waals surface area contributed by atoms with E-state index in [0.29, 0.717) is 0 Å². The Bertz CT molecular complexity index is 888. The summed E-state index contributed by atoms with van der Waals surface area (Å²) in [5.41, 5.74) is 4.84. The van der Waals surface area contributed by atoms with E-state index in [0.717, 1.165) is 27.8 Å². The normalized spacial score (nSPS) is 15.2. The average molecular weight is 329 g/mol. The third-order valence-electron chi connectivity index (χ3n) is 4.96. The number of carbonyl (C=O) groups is 1. The summed E-state index contributed by atoms with van der Waals surface area (Å²) in [6.45, 7) is 1.69. The van der Waals surface area contributed by atoms with E-state index in [1.165, 1.54) is 0 Å². The van der Waals surface area contributed by atoms with Crippen molar-refractivity contribution >= 4 is 5.97 Å². The molecule has 4 rings (SSSR count). The third kappa shape index (κ3) is 2.28. The van der Waals surface area contributed by atoms with Crippen LogP contribution in [0.4, 0.5) is 0 Å². The molecule has 124 valence electrons. The summed E-state index contributed by atoms with van der Waals surface area (Å²) in [6.07, 6.45) is 0. The molecule has 0 spiro atoms. The van der Waals surface area contributed by atoms with E-state index in [-0.39, 0.29) is 0 Å². The zero-order chi connectivity index (χ0) is 17.4. The van der Waals surface area contributed by atoms with Crippen molar-refractivity contribution in [3.05, 3.63) is 95.6 Å². The lowest BCUT2D eigenvalue weighted by Gasteiger charge is -2.35. The Balaban J connectivity index is 2.05. The monoisotopic (exact) mass is 329 g/mol.